The molecule has 30 heavy (non-hydrogen) atoms. The summed E-state index contributed by atoms with van der Waals surface area (Å²) in [5, 5.41) is 11.8. The minimum Gasteiger partial charge on any atom is -0.442 e. The summed E-state index contributed by atoms with van der Waals surface area (Å²) < 4.78 is 20.0. The van der Waals surface area contributed by atoms with E-state index < -0.39 is 18.0 Å². The first-order valence-corrected chi connectivity index (χ1v) is 10.3. The predicted molar refractivity (Wildman–Crippen MR) is 111 cm³/mol. The largest absolute Gasteiger partial charge is 0.442 e. The number of thiazole rings is 1. The van der Waals surface area contributed by atoms with E-state index in [1.54, 1.807) is 40.9 Å². The van der Waals surface area contributed by atoms with Crippen LogP contribution in [0.15, 0.2) is 34.9 Å². The molecule has 0 bridgehead atoms. The number of benzene rings is 1. The molecule has 0 saturated carbocycles. The highest BCUT2D eigenvalue weighted by Gasteiger charge is 2.33. The number of cyclic esters (lactones) is 1. The first kappa shape index (κ1) is 20.1. The quantitative estimate of drug-likeness (QED) is 0.751. The smallest absolute Gasteiger partial charge is 0.414 e. The van der Waals surface area contributed by atoms with E-state index in [2.05, 4.69) is 15.4 Å². The van der Waals surface area contributed by atoms with Crippen molar-refractivity contribution in [2.24, 2.45) is 5.10 Å². The van der Waals surface area contributed by atoms with Gasteiger partial charge in [0.1, 0.15) is 23.3 Å². The van der Waals surface area contributed by atoms with Crippen LogP contribution in [0.1, 0.15) is 11.9 Å². The van der Waals surface area contributed by atoms with Gasteiger partial charge in [-0.1, -0.05) is 0 Å². The van der Waals surface area contributed by atoms with Gasteiger partial charge >= 0.3 is 6.09 Å². The van der Waals surface area contributed by atoms with Gasteiger partial charge in [-0.05, 0) is 18.2 Å². The highest BCUT2D eigenvalue weighted by atomic mass is 32.1. The number of nitrogens with one attached hydrogen (secondary N) is 1. The van der Waals surface area contributed by atoms with Crippen LogP contribution in [0.3, 0.4) is 0 Å². The molecule has 1 aromatic carbocycles. The average Bonchev–Trinajstić information content (AvgIpc) is 3.36. The summed E-state index contributed by atoms with van der Waals surface area (Å²) in [6, 6.07) is 4.62. The third-order valence-electron chi connectivity index (χ3n) is 4.76. The van der Waals surface area contributed by atoms with Crippen LogP contribution in [-0.4, -0.2) is 60.6 Å². The number of hydrogen-bond acceptors (Lipinski definition) is 8. The maximum Gasteiger partial charge on any atom is 0.414 e. The van der Waals surface area contributed by atoms with Gasteiger partial charge < -0.3 is 15.0 Å². The standard InChI is InChI=1S/C19H21FN6O3S/c1-13(27)22-9-15-10-26(19(28)29-15)14-2-3-17(16(20)8-14)24-5-6-25(23-12-24)11-18-21-4-7-30-18/h2-4,7-8,12,15H,5-6,9-11H2,1H3,(H,22,27)/t15-/m0/s1. The molecule has 0 radical (unpaired) electrons. The third kappa shape index (κ3) is 4.51. The van der Waals surface area contributed by atoms with Crippen molar-refractivity contribution < 1.29 is 18.7 Å². The Hall–Kier alpha value is -3.21. The van der Waals surface area contributed by atoms with Gasteiger partial charge in [-0.25, -0.2) is 14.2 Å². The van der Waals surface area contributed by atoms with Crippen molar-refractivity contribution in [3.63, 3.8) is 0 Å². The molecule has 0 spiro atoms. The lowest BCUT2D eigenvalue weighted by Gasteiger charge is -2.30. The van der Waals surface area contributed by atoms with E-state index >= 15 is 0 Å². The second-order valence-electron chi connectivity index (χ2n) is 6.93. The molecule has 4 rings (SSSR count). The Balaban J connectivity index is 1.40. The van der Waals surface area contributed by atoms with Gasteiger partial charge in [-0.15, -0.1) is 11.3 Å². The lowest BCUT2D eigenvalue weighted by Crippen LogP contribution is -2.38. The number of hydrazone groups is 1. The highest BCUT2D eigenvalue weighted by molar-refractivity contribution is 7.09. The zero-order chi connectivity index (χ0) is 21.1. The Kier molecular flexibility index (Phi) is 5.79. The number of nitrogens with zero attached hydrogens (tertiary/aromatic N) is 5. The molecule has 1 fully saturated rings. The van der Waals surface area contributed by atoms with Gasteiger partial charge in [-0.2, -0.15) is 5.10 Å². The Morgan fingerprint density at radius 3 is 2.93 bits per heavy atom. The van der Waals surface area contributed by atoms with Crippen molar-refractivity contribution in [2.45, 2.75) is 19.6 Å². The van der Waals surface area contributed by atoms with Crippen molar-refractivity contribution in [3.05, 3.63) is 40.6 Å². The Labute approximate surface area is 176 Å². The first-order chi connectivity index (χ1) is 14.5. The van der Waals surface area contributed by atoms with E-state index in [-0.39, 0.29) is 19.0 Å². The summed E-state index contributed by atoms with van der Waals surface area (Å²) in [4.78, 5) is 30.5. The number of halogens is 1. The lowest BCUT2D eigenvalue weighted by molar-refractivity contribution is -0.119. The van der Waals surface area contributed by atoms with Crippen molar-refractivity contribution in [2.75, 3.05) is 36.0 Å². The topological polar surface area (TPSA) is 90.4 Å². The van der Waals surface area contributed by atoms with Crippen LogP contribution in [0.5, 0.6) is 0 Å². The summed E-state index contributed by atoms with van der Waals surface area (Å²) in [5.74, 6) is -0.654. The van der Waals surface area contributed by atoms with Crippen LogP contribution in [-0.2, 0) is 16.1 Å². The van der Waals surface area contributed by atoms with Gasteiger partial charge in [0.05, 0.1) is 37.6 Å². The van der Waals surface area contributed by atoms with Crippen LogP contribution < -0.4 is 15.1 Å². The van der Waals surface area contributed by atoms with Gasteiger partial charge in [0.15, 0.2) is 0 Å². The fourth-order valence-electron chi connectivity index (χ4n) is 3.26. The normalized spacial score (nSPS) is 18.7. The van der Waals surface area contributed by atoms with E-state index in [1.807, 2.05) is 10.4 Å². The number of carbonyl (C=O) groups is 2. The monoisotopic (exact) mass is 432 g/mol. The summed E-state index contributed by atoms with van der Waals surface area (Å²) in [7, 11) is 0. The van der Waals surface area contributed by atoms with E-state index in [1.165, 1.54) is 17.9 Å². The average molecular weight is 432 g/mol. The molecular formula is C19H21FN6O3S. The molecule has 9 nitrogen and oxygen atoms in total. The van der Waals surface area contributed by atoms with Crippen LogP contribution in [0.25, 0.3) is 0 Å². The number of anilines is 2. The highest BCUT2D eigenvalue weighted by Crippen LogP contribution is 2.28. The van der Waals surface area contributed by atoms with Gasteiger partial charge in [0.2, 0.25) is 5.91 Å². The number of hydrogen-bond donors (Lipinski definition) is 1. The number of ether oxygens (including phenoxy) is 1. The van der Waals surface area contributed by atoms with Crippen molar-refractivity contribution in [1.29, 1.82) is 0 Å². The maximum atomic E-state index is 14.8. The van der Waals surface area contributed by atoms with Gasteiger partial charge in [0.25, 0.3) is 0 Å². The second kappa shape index (κ2) is 8.66. The summed E-state index contributed by atoms with van der Waals surface area (Å²) in [6.07, 6.45) is 2.33. The molecule has 2 aromatic rings. The minimum atomic E-state index is -0.560. The summed E-state index contributed by atoms with van der Waals surface area (Å²) >= 11 is 1.57. The molecular weight excluding hydrogens is 411 g/mol. The minimum absolute atomic E-state index is 0.201. The van der Waals surface area contributed by atoms with Gasteiger partial charge in [0, 0.05) is 25.0 Å². The molecule has 1 atom stereocenters. The lowest BCUT2D eigenvalue weighted by atomic mass is 10.2. The number of aromatic nitrogens is 1. The number of amides is 2. The van der Waals surface area contributed by atoms with Crippen LogP contribution in [0.2, 0.25) is 0 Å². The van der Waals surface area contributed by atoms with Crippen molar-refractivity contribution in [3.8, 4) is 0 Å². The first-order valence-electron chi connectivity index (χ1n) is 9.46. The zero-order valence-electron chi connectivity index (χ0n) is 16.3. The molecule has 1 saturated heterocycles. The molecule has 1 aromatic heterocycles. The molecule has 2 aliphatic heterocycles. The van der Waals surface area contributed by atoms with Crippen LogP contribution in [0.4, 0.5) is 20.6 Å². The molecule has 0 unspecified atom stereocenters. The zero-order valence-corrected chi connectivity index (χ0v) is 17.1. The molecule has 1 N–H and O–H groups in total. The Morgan fingerprint density at radius 2 is 2.27 bits per heavy atom. The molecule has 3 heterocycles. The molecule has 11 heteroatoms. The van der Waals surface area contributed by atoms with E-state index in [0.717, 1.165) is 5.01 Å². The SMILES string of the molecule is CC(=O)NC[C@H]1CN(c2ccc(N3C=NN(Cc4nccs4)CC3)c(F)c2)C(=O)O1. The summed E-state index contributed by atoms with van der Waals surface area (Å²) in [6.45, 7) is 3.70. The third-order valence-corrected chi connectivity index (χ3v) is 5.52. The summed E-state index contributed by atoms with van der Waals surface area (Å²) in [5.41, 5.74) is 0.796. The molecule has 2 amide bonds. The van der Waals surface area contributed by atoms with E-state index in [0.29, 0.717) is 31.0 Å². The molecule has 158 valence electrons. The molecule has 2 aliphatic rings. The fraction of sp³-hybridized carbons (Fsp3) is 0.368. The Morgan fingerprint density at radius 1 is 1.40 bits per heavy atom. The van der Waals surface area contributed by atoms with Crippen LogP contribution in [0, 0.1) is 5.82 Å². The van der Waals surface area contributed by atoms with E-state index in [4.69, 9.17) is 4.74 Å². The van der Waals surface area contributed by atoms with Crippen molar-refractivity contribution in [1.82, 2.24) is 15.3 Å². The molecule has 0 aliphatic carbocycles. The van der Waals surface area contributed by atoms with Crippen LogP contribution >= 0.6 is 11.3 Å². The maximum absolute atomic E-state index is 14.8. The Bertz CT molecular complexity index is 954. The fourth-order valence-corrected chi connectivity index (χ4v) is 3.88. The number of carbonyl (C=O) groups excluding carboxylic acids is 2. The number of rotatable bonds is 6. The van der Waals surface area contributed by atoms with Gasteiger partial charge in [-0.3, -0.25) is 14.7 Å². The van der Waals surface area contributed by atoms with Crippen molar-refractivity contribution >= 4 is 41.1 Å². The second-order valence-corrected chi connectivity index (χ2v) is 7.91. The predicted octanol–water partition coefficient (Wildman–Crippen LogP) is 2.01. The van der Waals surface area contributed by atoms with E-state index in [9.17, 15) is 14.0 Å².